The molecule has 0 aliphatic heterocycles. The Morgan fingerprint density at radius 2 is 1.82 bits per heavy atom. The Morgan fingerprint density at radius 3 is 2.41 bits per heavy atom. The molecule has 0 spiro atoms. The summed E-state index contributed by atoms with van der Waals surface area (Å²) in [6, 6.07) is 10.6. The van der Waals surface area contributed by atoms with Crippen LogP contribution in [0.3, 0.4) is 0 Å². The average molecular weight is 323 g/mol. The van der Waals surface area contributed by atoms with Crippen molar-refractivity contribution in [3.63, 3.8) is 0 Å². The zero-order valence-electron chi connectivity index (χ0n) is 13.0. The van der Waals surface area contributed by atoms with E-state index in [2.05, 4.69) is 29.6 Å². The molecular formula is C18H27ClN2O. The highest BCUT2D eigenvalue weighted by molar-refractivity contribution is 5.85. The van der Waals surface area contributed by atoms with Crippen LogP contribution in [0.25, 0.3) is 0 Å². The van der Waals surface area contributed by atoms with Crippen molar-refractivity contribution in [1.29, 1.82) is 0 Å². The summed E-state index contributed by atoms with van der Waals surface area (Å²) in [7, 11) is 0. The van der Waals surface area contributed by atoms with Gasteiger partial charge in [0.05, 0.1) is 6.04 Å². The van der Waals surface area contributed by atoms with Crippen molar-refractivity contribution in [2.75, 3.05) is 6.54 Å². The number of hydrogen-bond donors (Lipinski definition) is 2. The molecule has 2 saturated carbocycles. The molecule has 0 aromatic heterocycles. The van der Waals surface area contributed by atoms with Crippen LogP contribution in [-0.4, -0.2) is 12.5 Å². The Balaban J connectivity index is 0.00000176. The average Bonchev–Trinajstić information content (AvgIpc) is 2.94. The van der Waals surface area contributed by atoms with E-state index < -0.39 is 0 Å². The van der Waals surface area contributed by atoms with Crippen LogP contribution in [0.4, 0.5) is 0 Å². The molecule has 4 heteroatoms. The number of rotatable bonds is 5. The lowest BCUT2D eigenvalue weighted by molar-refractivity contribution is -0.127. The lowest BCUT2D eigenvalue weighted by atomic mass is 9.77. The third-order valence-corrected chi connectivity index (χ3v) is 5.38. The van der Waals surface area contributed by atoms with Crippen molar-refractivity contribution < 1.29 is 4.79 Å². The molecular weight excluding hydrogens is 296 g/mol. The van der Waals surface area contributed by atoms with Gasteiger partial charge in [0.2, 0.25) is 5.91 Å². The predicted octanol–water partition coefficient (Wildman–Crippen LogP) is 3.44. The van der Waals surface area contributed by atoms with Crippen LogP contribution in [0.2, 0.25) is 0 Å². The predicted molar refractivity (Wildman–Crippen MR) is 91.8 cm³/mol. The minimum absolute atomic E-state index is 0. The van der Waals surface area contributed by atoms with Crippen LogP contribution < -0.4 is 11.1 Å². The molecule has 1 unspecified atom stereocenters. The van der Waals surface area contributed by atoms with Crippen LogP contribution in [-0.2, 0) is 4.79 Å². The summed E-state index contributed by atoms with van der Waals surface area (Å²) in [6.07, 6.45) is 6.99. The molecule has 22 heavy (non-hydrogen) atoms. The van der Waals surface area contributed by atoms with E-state index in [9.17, 15) is 4.79 Å². The Bertz CT molecular complexity index is 475. The number of amides is 1. The first-order chi connectivity index (χ1) is 10.3. The molecule has 3 N–H and O–H groups in total. The molecule has 0 radical (unpaired) electrons. The third-order valence-electron chi connectivity index (χ3n) is 5.38. The first kappa shape index (κ1) is 17.3. The van der Waals surface area contributed by atoms with Gasteiger partial charge < -0.3 is 11.1 Å². The summed E-state index contributed by atoms with van der Waals surface area (Å²) in [4.78, 5) is 12.7. The minimum atomic E-state index is 0. The van der Waals surface area contributed by atoms with Gasteiger partial charge in [0.1, 0.15) is 0 Å². The molecule has 0 heterocycles. The zero-order chi connectivity index (χ0) is 14.7. The smallest absolute Gasteiger partial charge is 0.223 e. The van der Waals surface area contributed by atoms with Gasteiger partial charge >= 0.3 is 0 Å². The summed E-state index contributed by atoms with van der Waals surface area (Å²) in [5.74, 6) is 1.34. The Morgan fingerprint density at radius 1 is 1.14 bits per heavy atom. The summed E-state index contributed by atoms with van der Waals surface area (Å²) in [5, 5.41) is 3.35. The maximum absolute atomic E-state index is 12.7. The molecule has 0 bridgehead atoms. The number of hydrogen-bond acceptors (Lipinski definition) is 2. The summed E-state index contributed by atoms with van der Waals surface area (Å²) in [6.45, 7) is 0.636. The van der Waals surface area contributed by atoms with Crippen LogP contribution >= 0.6 is 12.4 Å². The van der Waals surface area contributed by atoms with Gasteiger partial charge in [-0.25, -0.2) is 0 Å². The van der Waals surface area contributed by atoms with Crippen LogP contribution in [0.1, 0.15) is 50.1 Å². The second kappa shape index (κ2) is 7.98. The number of carbonyl (C=O) groups excluding carboxylic acids is 1. The van der Waals surface area contributed by atoms with E-state index in [1.165, 1.54) is 24.8 Å². The van der Waals surface area contributed by atoms with Crippen molar-refractivity contribution in [3.8, 4) is 0 Å². The second-order valence-electron chi connectivity index (χ2n) is 6.62. The van der Waals surface area contributed by atoms with Crippen LogP contribution in [0.5, 0.6) is 0 Å². The first-order valence-corrected chi connectivity index (χ1v) is 8.35. The molecule has 2 aliphatic rings. The second-order valence-corrected chi connectivity index (χ2v) is 6.62. The molecule has 1 amide bonds. The quantitative estimate of drug-likeness (QED) is 0.872. The van der Waals surface area contributed by atoms with Crippen LogP contribution in [0.15, 0.2) is 30.3 Å². The largest absolute Gasteiger partial charge is 0.349 e. The van der Waals surface area contributed by atoms with E-state index in [4.69, 9.17) is 5.73 Å². The Kier molecular flexibility index (Phi) is 6.27. The standard InChI is InChI=1S/C18H26N2O.ClH/c19-12-15-10-5-11-16(15)18(21)20-17(14-8-4-9-14)13-6-2-1-3-7-13;/h1-3,6-7,14-17H,4-5,8-12,19H2,(H,20,21);1H/t15-,16-,17?;/m1./s1. The number of carbonyl (C=O) groups is 1. The van der Waals surface area contributed by atoms with Crippen molar-refractivity contribution in [2.24, 2.45) is 23.5 Å². The lowest BCUT2D eigenvalue weighted by Gasteiger charge is -2.35. The number of nitrogens with two attached hydrogens (primary N) is 1. The maximum atomic E-state index is 12.7. The normalized spacial score (nSPS) is 25.9. The van der Waals surface area contributed by atoms with Crippen molar-refractivity contribution in [2.45, 2.75) is 44.6 Å². The van der Waals surface area contributed by atoms with Gasteiger partial charge in [-0.1, -0.05) is 43.2 Å². The highest BCUT2D eigenvalue weighted by Gasteiger charge is 2.35. The van der Waals surface area contributed by atoms with E-state index >= 15 is 0 Å². The molecule has 2 fully saturated rings. The topological polar surface area (TPSA) is 55.1 Å². The SMILES string of the molecule is Cl.NC[C@H]1CCC[C@H]1C(=O)NC(c1ccccc1)C1CCC1. The lowest BCUT2D eigenvalue weighted by Crippen LogP contribution is -2.41. The van der Waals surface area contributed by atoms with Gasteiger partial charge in [0.25, 0.3) is 0 Å². The first-order valence-electron chi connectivity index (χ1n) is 8.35. The molecule has 0 saturated heterocycles. The zero-order valence-corrected chi connectivity index (χ0v) is 13.9. The van der Waals surface area contributed by atoms with Gasteiger partial charge in [-0.2, -0.15) is 0 Å². The van der Waals surface area contributed by atoms with E-state index in [0.717, 1.165) is 19.3 Å². The monoisotopic (exact) mass is 322 g/mol. The molecule has 3 nitrogen and oxygen atoms in total. The molecule has 3 rings (SSSR count). The summed E-state index contributed by atoms with van der Waals surface area (Å²) >= 11 is 0. The molecule has 1 aromatic carbocycles. The Hall–Kier alpha value is -1.06. The van der Waals surface area contributed by atoms with E-state index in [-0.39, 0.29) is 30.3 Å². The molecule has 3 atom stereocenters. The van der Waals surface area contributed by atoms with Crippen molar-refractivity contribution >= 4 is 18.3 Å². The fourth-order valence-electron chi connectivity index (χ4n) is 3.83. The molecule has 122 valence electrons. The van der Waals surface area contributed by atoms with Crippen molar-refractivity contribution in [3.05, 3.63) is 35.9 Å². The number of nitrogens with one attached hydrogen (secondary N) is 1. The van der Waals surface area contributed by atoms with Gasteiger partial charge in [0.15, 0.2) is 0 Å². The molecule has 1 aromatic rings. The van der Waals surface area contributed by atoms with Crippen molar-refractivity contribution in [1.82, 2.24) is 5.32 Å². The summed E-state index contributed by atoms with van der Waals surface area (Å²) in [5.41, 5.74) is 7.07. The maximum Gasteiger partial charge on any atom is 0.223 e. The summed E-state index contributed by atoms with van der Waals surface area (Å²) < 4.78 is 0. The van der Waals surface area contributed by atoms with Gasteiger partial charge in [0, 0.05) is 5.92 Å². The fraction of sp³-hybridized carbons (Fsp3) is 0.611. The van der Waals surface area contributed by atoms with E-state index in [0.29, 0.717) is 18.4 Å². The van der Waals surface area contributed by atoms with E-state index in [1.54, 1.807) is 0 Å². The van der Waals surface area contributed by atoms with Gasteiger partial charge in [-0.05, 0) is 49.6 Å². The fourth-order valence-corrected chi connectivity index (χ4v) is 3.83. The Labute approximate surface area is 139 Å². The number of halogens is 1. The minimum Gasteiger partial charge on any atom is -0.349 e. The third kappa shape index (κ3) is 3.64. The van der Waals surface area contributed by atoms with Gasteiger partial charge in [-0.15, -0.1) is 12.4 Å². The highest BCUT2D eigenvalue weighted by atomic mass is 35.5. The number of benzene rings is 1. The molecule has 2 aliphatic carbocycles. The van der Waals surface area contributed by atoms with Crippen LogP contribution in [0, 0.1) is 17.8 Å². The van der Waals surface area contributed by atoms with E-state index in [1.807, 2.05) is 6.07 Å². The highest BCUT2D eigenvalue weighted by Crippen LogP contribution is 2.39. The van der Waals surface area contributed by atoms with Gasteiger partial charge in [-0.3, -0.25) is 4.79 Å².